The first-order valence-corrected chi connectivity index (χ1v) is 7.41. The number of hydrogen-bond acceptors (Lipinski definition) is 5. The number of amides is 1. The van der Waals surface area contributed by atoms with E-state index in [4.69, 9.17) is 26.8 Å². The van der Waals surface area contributed by atoms with Gasteiger partial charge in [-0.3, -0.25) is 4.79 Å². The van der Waals surface area contributed by atoms with Crippen LogP contribution in [0, 0.1) is 11.6 Å². The van der Waals surface area contributed by atoms with Crippen LogP contribution >= 0.6 is 12.2 Å². The summed E-state index contributed by atoms with van der Waals surface area (Å²) in [4.78, 5) is 13.6. The van der Waals surface area contributed by atoms with Crippen LogP contribution in [-0.4, -0.2) is 23.3 Å². The molecule has 3 rings (SSSR count). The molecule has 5 nitrogen and oxygen atoms in total. The zero-order valence-corrected chi connectivity index (χ0v) is 13.6. The second kappa shape index (κ2) is 6.48. The molecule has 0 bridgehead atoms. The standard InChI is InChI=1S/C17H11F2NO4S/c1-23-11-4-2-10(3-5-11)20-16(22)14(24-17(20)25)8-9-6-12(18)15(21)13(19)7-9/h2-8,21H,1H3. The summed E-state index contributed by atoms with van der Waals surface area (Å²) >= 11 is 5.05. The van der Waals surface area contributed by atoms with Gasteiger partial charge in [0, 0.05) is 0 Å². The Hall–Kier alpha value is -3.00. The minimum atomic E-state index is -1.15. The molecule has 1 aliphatic heterocycles. The number of carbonyl (C=O) groups excluding carboxylic acids is 1. The molecular weight excluding hydrogens is 352 g/mol. The van der Waals surface area contributed by atoms with Crippen molar-refractivity contribution in [3.05, 3.63) is 59.4 Å². The molecule has 0 atom stereocenters. The van der Waals surface area contributed by atoms with Crippen molar-refractivity contribution in [2.75, 3.05) is 12.0 Å². The average Bonchev–Trinajstić information content (AvgIpc) is 2.86. The third-order valence-corrected chi connectivity index (χ3v) is 3.73. The number of benzene rings is 2. The maximum atomic E-state index is 13.4. The second-order valence-electron chi connectivity index (χ2n) is 5.05. The predicted molar refractivity (Wildman–Crippen MR) is 90.2 cm³/mol. The smallest absolute Gasteiger partial charge is 0.301 e. The van der Waals surface area contributed by atoms with Crippen LogP contribution in [0.3, 0.4) is 0 Å². The number of carbonyl (C=O) groups is 1. The Bertz CT molecular complexity index is 873. The maximum absolute atomic E-state index is 13.4. The molecule has 1 aliphatic rings. The predicted octanol–water partition coefficient (Wildman–Crippen LogP) is 3.37. The SMILES string of the molecule is COc1ccc(N2C(=O)C(=Cc3cc(F)c(O)c(F)c3)OC2=S)cc1. The molecule has 0 saturated carbocycles. The van der Waals surface area contributed by atoms with Gasteiger partial charge in [-0.1, -0.05) is 0 Å². The van der Waals surface area contributed by atoms with Gasteiger partial charge in [0.2, 0.25) is 0 Å². The molecule has 1 fully saturated rings. The summed E-state index contributed by atoms with van der Waals surface area (Å²) in [5.74, 6) is -3.54. The molecule has 8 heteroatoms. The van der Waals surface area contributed by atoms with Crippen molar-refractivity contribution >= 4 is 35.1 Å². The van der Waals surface area contributed by atoms with Crippen LogP contribution in [0.2, 0.25) is 0 Å². The molecule has 0 aliphatic carbocycles. The molecule has 1 N–H and O–H groups in total. The van der Waals surface area contributed by atoms with Crippen LogP contribution < -0.4 is 9.64 Å². The van der Waals surface area contributed by atoms with E-state index in [-0.39, 0.29) is 16.5 Å². The van der Waals surface area contributed by atoms with Crippen molar-refractivity contribution in [2.24, 2.45) is 0 Å². The first kappa shape index (κ1) is 16.8. The summed E-state index contributed by atoms with van der Waals surface area (Å²) in [5, 5.41) is 9.00. The number of methoxy groups -OCH3 is 1. The van der Waals surface area contributed by atoms with Gasteiger partial charge in [0.05, 0.1) is 12.8 Å². The minimum Gasteiger partial charge on any atom is -0.503 e. The van der Waals surface area contributed by atoms with Gasteiger partial charge in [-0.15, -0.1) is 0 Å². The lowest BCUT2D eigenvalue weighted by atomic mass is 10.1. The number of phenols is 1. The number of nitrogens with zero attached hydrogens (tertiary/aromatic N) is 1. The monoisotopic (exact) mass is 363 g/mol. The zero-order chi connectivity index (χ0) is 18.1. The number of rotatable bonds is 3. The van der Waals surface area contributed by atoms with E-state index in [1.165, 1.54) is 7.11 Å². The molecule has 128 valence electrons. The summed E-state index contributed by atoms with van der Waals surface area (Å²) in [6.45, 7) is 0. The van der Waals surface area contributed by atoms with Gasteiger partial charge in [0.15, 0.2) is 23.1 Å². The Morgan fingerprint density at radius 3 is 2.36 bits per heavy atom. The van der Waals surface area contributed by atoms with Crippen LogP contribution in [0.5, 0.6) is 11.5 Å². The van der Waals surface area contributed by atoms with Crippen LogP contribution in [0.25, 0.3) is 6.08 Å². The van der Waals surface area contributed by atoms with Crippen LogP contribution in [0.4, 0.5) is 14.5 Å². The van der Waals surface area contributed by atoms with Gasteiger partial charge in [0.25, 0.3) is 5.17 Å². The maximum Gasteiger partial charge on any atom is 0.301 e. The number of hydrogen-bond donors (Lipinski definition) is 1. The van der Waals surface area contributed by atoms with Crippen molar-refractivity contribution in [1.29, 1.82) is 0 Å². The largest absolute Gasteiger partial charge is 0.503 e. The van der Waals surface area contributed by atoms with E-state index in [0.29, 0.717) is 11.4 Å². The first-order valence-electron chi connectivity index (χ1n) is 7.00. The summed E-state index contributed by atoms with van der Waals surface area (Å²) in [6.07, 6.45) is 1.14. The van der Waals surface area contributed by atoms with E-state index in [1.807, 2.05) is 0 Å². The van der Waals surface area contributed by atoms with Gasteiger partial charge in [-0.25, -0.2) is 13.7 Å². The summed E-state index contributed by atoms with van der Waals surface area (Å²) < 4.78 is 37.1. The highest BCUT2D eigenvalue weighted by molar-refractivity contribution is 7.80. The molecule has 0 radical (unpaired) electrons. The molecule has 0 unspecified atom stereocenters. The molecule has 2 aromatic carbocycles. The summed E-state index contributed by atoms with van der Waals surface area (Å²) in [5.41, 5.74) is 0.470. The van der Waals surface area contributed by atoms with E-state index in [0.717, 1.165) is 23.1 Å². The highest BCUT2D eigenvalue weighted by Gasteiger charge is 2.34. The zero-order valence-electron chi connectivity index (χ0n) is 12.8. The third kappa shape index (κ3) is 3.16. The summed E-state index contributed by atoms with van der Waals surface area (Å²) in [7, 11) is 1.51. The van der Waals surface area contributed by atoms with E-state index >= 15 is 0 Å². The number of anilines is 1. The fourth-order valence-corrected chi connectivity index (χ4v) is 2.52. The van der Waals surface area contributed by atoms with Crippen molar-refractivity contribution in [1.82, 2.24) is 0 Å². The summed E-state index contributed by atoms with van der Waals surface area (Å²) in [6, 6.07) is 8.29. The second-order valence-corrected chi connectivity index (χ2v) is 5.40. The molecule has 0 aromatic heterocycles. The first-order chi connectivity index (χ1) is 11.9. The van der Waals surface area contributed by atoms with E-state index in [9.17, 15) is 13.6 Å². The lowest BCUT2D eigenvalue weighted by Gasteiger charge is -2.12. The quantitative estimate of drug-likeness (QED) is 0.669. The topological polar surface area (TPSA) is 59.0 Å². The normalized spacial score (nSPS) is 15.6. The van der Waals surface area contributed by atoms with E-state index in [1.54, 1.807) is 24.3 Å². The van der Waals surface area contributed by atoms with Gasteiger partial charge in [-0.05, 0) is 60.3 Å². The molecule has 2 aromatic rings. The average molecular weight is 363 g/mol. The highest BCUT2D eigenvalue weighted by atomic mass is 32.1. The van der Waals surface area contributed by atoms with Crippen LogP contribution in [0.1, 0.15) is 5.56 Å². The number of aromatic hydroxyl groups is 1. The number of phenolic OH excluding ortho intramolecular Hbond substituents is 1. The molecule has 25 heavy (non-hydrogen) atoms. The number of thiocarbonyl (C=S) groups is 1. The van der Waals surface area contributed by atoms with E-state index < -0.39 is 23.3 Å². The minimum absolute atomic E-state index is 0.00975. The van der Waals surface area contributed by atoms with Gasteiger partial charge >= 0.3 is 5.91 Å². The molecule has 1 amide bonds. The fourth-order valence-electron chi connectivity index (χ4n) is 2.24. The van der Waals surface area contributed by atoms with Crippen LogP contribution in [-0.2, 0) is 9.53 Å². The van der Waals surface area contributed by atoms with Crippen molar-refractivity contribution < 1.29 is 28.2 Å². The highest BCUT2D eigenvalue weighted by Crippen LogP contribution is 2.29. The molecule has 1 heterocycles. The number of halogens is 2. The Morgan fingerprint density at radius 2 is 1.80 bits per heavy atom. The van der Waals surface area contributed by atoms with Gasteiger partial charge in [-0.2, -0.15) is 0 Å². The Balaban J connectivity index is 1.92. The van der Waals surface area contributed by atoms with Crippen molar-refractivity contribution in [3.8, 4) is 11.5 Å². The van der Waals surface area contributed by atoms with Crippen molar-refractivity contribution in [2.45, 2.75) is 0 Å². The Labute approximate surface area is 146 Å². The third-order valence-electron chi connectivity index (χ3n) is 3.46. The molecule has 1 saturated heterocycles. The van der Waals surface area contributed by atoms with E-state index in [2.05, 4.69) is 0 Å². The fraction of sp³-hybridized carbons (Fsp3) is 0.0588. The van der Waals surface area contributed by atoms with Crippen LogP contribution in [0.15, 0.2) is 42.2 Å². The lowest BCUT2D eigenvalue weighted by molar-refractivity contribution is -0.114. The molecular formula is C17H11F2NO4S. The van der Waals surface area contributed by atoms with Crippen molar-refractivity contribution in [3.63, 3.8) is 0 Å². The number of ether oxygens (including phenoxy) is 2. The Kier molecular flexibility index (Phi) is 4.37. The Morgan fingerprint density at radius 1 is 1.20 bits per heavy atom. The van der Waals surface area contributed by atoms with Gasteiger partial charge < -0.3 is 14.6 Å². The molecule has 0 spiro atoms. The lowest BCUT2D eigenvalue weighted by Crippen LogP contribution is -2.27. The van der Waals surface area contributed by atoms with Gasteiger partial charge in [0.1, 0.15) is 5.75 Å².